The van der Waals surface area contributed by atoms with Gasteiger partial charge in [0.1, 0.15) is 0 Å². The van der Waals surface area contributed by atoms with Crippen LogP contribution in [0.25, 0.3) is 22.2 Å². The van der Waals surface area contributed by atoms with Gasteiger partial charge < -0.3 is 10.1 Å². The van der Waals surface area contributed by atoms with Crippen molar-refractivity contribution in [2.24, 2.45) is 0 Å². The molecule has 5 rings (SSSR count). The van der Waals surface area contributed by atoms with Gasteiger partial charge in [-0.2, -0.15) is 0 Å². The topological polar surface area (TPSA) is 52.1 Å². The molecule has 30 heavy (non-hydrogen) atoms. The van der Waals surface area contributed by atoms with Crippen molar-refractivity contribution in [2.75, 3.05) is 13.1 Å². The summed E-state index contributed by atoms with van der Waals surface area (Å²) in [5.74, 6) is 0.464. The van der Waals surface area contributed by atoms with Crippen molar-refractivity contribution in [2.45, 2.75) is 31.9 Å². The van der Waals surface area contributed by atoms with Crippen molar-refractivity contribution in [3.05, 3.63) is 89.7 Å². The Hall–Kier alpha value is -2.95. The molecule has 0 bridgehead atoms. The Balaban J connectivity index is 1.31. The number of nitrogens with one attached hydrogen (secondary N) is 1. The highest BCUT2D eigenvalue weighted by Crippen LogP contribution is 2.29. The highest BCUT2D eigenvalue weighted by Gasteiger charge is 2.22. The molecule has 1 aliphatic heterocycles. The number of likely N-dealkylation sites (tertiary alicyclic amines) is 1. The molecule has 4 aromatic rings. The zero-order valence-electron chi connectivity index (χ0n) is 17.1. The number of benzene rings is 2. The van der Waals surface area contributed by atoms with Crippen LogP contribution in [-0.4, -0.2) is 33.1 Å². The SMILES string of the molecule is OCc1ccc(-c2cccc(C3CCCN(Cc4ccc5[nH]ccc5c4)C3)n2)cc1. The second-order valence-electron chi connectivity index (χ2n) is 8.28. The number of piperidine rings is 1. The largest absolute Gasteiger partial charge is 0.392 e. The van der Waals surface area contributed by atoms with Crippen LogP contribution in [0.2, 0.25) is 0 Å². The number of fused-ring (bicyclic) bond motifs is 1. The van der Waals surface area contributed by atoms with Crippen molar-refractivity contribution in [1.82, 2.24) is 14.9 Å². The smallest absolute Gasteiger partial charge is 0.0705 e. The molecule has 4 heteroatoms. The van der Waals surface area contributed by atoms with Gasteiger partial charge in [0.25, 0.3) is 0 Å². The zero-order valence-corrected chi connectivity index (χ0v) is 17.1. The number of rotatable bonds is 5. The average molecular weight is 398 g/mol. The standard InChI is InChI=1S/C26H27N3O/c30-18-19-6-9-21(10-7-19)25-4-1-5-26(28-25)23-3-2-14-29(17-23)16-20-8-11-24-22(15-20)12-13-27-24/h1,4-13,15,23,27,30H,2-3,14,16-18H2. The van der Waals surface area contributed by atoms with Crippen LogP contribution >= 0.6 is 0 Å². The summed E-state index contributed by atoms with van der Waals surface area (Å²) in [6, 6.07) is 23.2. The third-order valence-electron chi connectivity index (χ3n) is 6.15. The van der Waals surface area contributed by atoms with Gasteiger partial charge in [0, 0.05) is 42.0 Å². The van der Waals surface area contributed by atoms with Gasteiger partial charge in [-0.25, -0.2) is 0 Å². The lowest BCUT2D eigenvalue weighted by Gasteiger charge is -2.32. The number of aromatic nitrogens is 2. The number of aromatic amines is 1. The number of H-pyrrole nitrogens is 1. The van der Waals surface area contributed by atoms with E-state index in [2.05, 4.69) is 52.3 Å². The molecule has 0 amide bonds. The van der Waals surface area contributed by atoms with Gasteiger partial charge >= 0.3 is 0 Å². The highest BCUT2D eigenvalue weighted by molar-refractivity contribution is 5.79. The molecule has 2 aromatic heterocycles. The Labute approximate surface area is 177 Å². The molecule has 1 unspecified atom stereocenters. The third-order valence-corrected chi connectivity index (χ3v) is 6.15. The number of nitrogens with zero attached hydrogens (tertiary/aromatic N) is 2. The molecule has 0 spiro atoms. The first-order valence-electron chi connectivity index (χ1n) is 10.7. The van der Waals surface area contributed by atoms with E-state index in [1.54, 1.807) is 0 Å². The third kappa shape index (κ3) is 4.02. The zero-order chi connectivity index (χ0) is 20.3. The predicted octanol–water partition coefficient (Wildman–Crippen LogP) is 5.10. The van der Waals surface area contributed by atoms with Crippen molar-refractivity contribution < 1.29 is 5.11 Å². The fourth-order valence-electron chi connectivity index (χ4n) is 4.52. The van der Waals surface area contributed by atoms with Crippen LogP contribution in [0.1, 0.15) is 35.6 Å². The van der Waals surface area contributed by atoms with Crippen LogP contribution in [0.5, 0.6) is 0 Å². The molecule has 3 heterocycles. The van der Waals surface area contributed by atoms with Crippen molar-refractivity contribution in [3.8, 4) is 11.3 Å². The quantitative estimate of drug-likeness (QED) is 0.492. The van der Waals surface area contributed by atoms with E-state index < -0.39 is 0 Å². The molecule has 1 fully saturated rings. The summed E-state index contributed by atoms with van der Waals surface area (Å²) in [6.45, 7) is 3.25. The molecule has 152 valence electrons. The van der Waals surface area contributed by atoms with E-state index in [0.717, 1.165) is 36.5 Å². The summed E-state index contributed by atoms with van der Waals surface area (Å²) < 4.78 is 0. The molecule has 1 saturated heterocycles. The van der Waals surface area contributed by atoms with E-state index in [-0.39, 0.29) is 6.61 Å². The van der Waals surface area contributed by atoms with Crippen LogP contribution in [0, 0.1) is 0 Å². The summed E-state index contributed by atoms with van der Waals surface area (Å²) >= 11 is 0. The number of aliphatic hydroxyl groups is 1. The molecule has 1 atom stereocenters. The first-order valence-corrected chi connectivity index (χ1v) is 10.7. The number of aliphatic hydroxyl groups excluding tert-OH is 1. The summed E-state index contributed by atoms with van der Waals surface area (Å²) in [5.41, 5.74) is 6.78. The molecule has 2 N–H and O–H groups in total. The van der Waals surface area contributed by atoms with E-state index in [0.29, 0.717) is 5.92 Å². The van der Waals surface area contributed by atoms with E-state index in [1.165, 1.54) is 35.0 Å². The molecule has 2 aromatic carbocycles. The minimum atomic E-state index is 0.0721. The van der Waals surface area contributed by atoms with Crippen molar-refractivity contribution >= 4 is 10.9 Å². The van der Waals surface area contributed by atoms with E-state index in [1.807, 2.05) is 30.5 Å². The van der Waals surface area contributed by atoms with E-state index in [4.69, 9.17) is 4.98 Å². The molecule has 1 aliphatic rings. The second kappa shape index (κ2) is 8.42. The van der Waals surface area contributed by atoms with Crippen LogP contribution in [-0.2, 0) is 13.2 Å². The Morgan fingerprint density at radius 3 is 2.73 bits per heavy atom. The number of pyridine rings is 1. The van der Waals surface area contributed by atoms with Crippen LogP contribution in [0.15, 0.2) is 72.9 Å². The highest BCUT2D eigenvalue weighted by atomic mass is 16.3. The Morgan fingerprint density at radius 2 is 1.87 bits per heavy atom. The minimum Gasteiger partial charge on any atom is -0.392 e. The molecular formula is C26H27N3O. The fraction of sp³-hybridized carbons (Fsp3) is 0.269. The van der Waals surface area contributed by atoms with Gasteiger partial charge in [0.15, 0.2) is 0 Å². The monoisotopic (exact) mass is 397 g/mol. The lowest BCUT2D eigenvalue weighted by Crippen LogP contribution is -2.34. The van der Waals surface area contributed by atoms with Gasteiger partial charge in [-0.1, -0.05) is 36.4 Å². The maximum Gasteiger partial charge on any atom is 0.0705 e. The Kier molecular flexibility index (Phi) is 5.35. The van der Waals surface area contributed by atoms with Gasteiger partial charge in [-0.3, -0.25) is 9.88 Å². The summed E-state index contributed by atoms with van der Waals surface area (Å²) in [7, 11) is 0. The van der Waals surface area contributed by atoms with Gasteiger partial charge in [-0.15, -0.1) is 0 Å². The first kappa shape index (κ1) is 19.0. The second-order valence-corrected chi connectivity index (χ2v) is 8.28. The lowest BCUT2D eigenvalue weighted by molar-refractivity contribution is 0.198. The first-order chi connectivity index (χ1) is 14.8. The van der Waals surface area contributed by atoms with E-state index >= 15 is 0 Å². The molecular weight excluding hydrogens is 370 g/mol. The van der Waals surface area contributed by atoms with Crippen molar-refractivity contribution in [3.63, 3.8) is 0 Å². The fourth-order valence-corrected chi connectivity index (χ4v) is 4.52. The van der Waals surface area contributed by atoms with Gasteiger partial charge in [-0.05, 0) is 66.2 Å². The van der Waals surface area contributed by atoms with Crippen LogP contribution < -0.4 is 0 Å². The van der Waals surface area contributed by atoms with Gasteiger partial charge in [0.2, 0.25) is 0 Å². The predicted molar refractivity (Wildman–Crippen MR) is 121 cm³/mol. The summed E-state index contributed by atoms with van der Waals surface area (Å²) in [4.78, 5) is 10.8. The number of hydrogen-bond donors (Lipinski definition) is 2. The molecule has 0 aliphatic carbocycles. The number of hydrogen-bond acceptors (Lipinski definition) is 3. The minimum absolute atomic E-state index is 0.0721. The molecule has 4 nitrogen and oxygen atoms in total. The maximum absolute atomic E-state index is 9.26. The van der Waals surface area contributed by atoms with Gasteiger partial charge in [0.05, 0.1) is 12.3 Å². The van der Waals surface area contributed by atoms with Crippen molar-refractivity contribution in [1.29, 1.82) is 0 Å². The Bertz CT molecular complexity index is 1130. The van der Waals surface area contributed by atoms with Crippen LogP contribution in [0.4, 0.5) is 0 Å². The maximum atomic E-state index is 9.26. The normalized spacial score (nSPS) is 17.4. The molecule has 0 radical (unpaired) electrons. The van der Waals surface area contributed by atoms with E-state index in [9.17, 15) is 5.11 Å². The average Bonchev–Trinajstić information content (AvgIpc) is 3.27. The molecule has 0 saturated carbocycles. The summed E-state index contributed by atoms with van der Waals surface area (Å²) in [6.07, 6.45) is 4.39. The van der Waals surface area contributed by atoms with Crippen LogP contribution in [0.3, 0.4) is 0 Å². The lowest BCUT2D eigenvalue weighted by atomic mass is 9.93. The summed E-state index contributed by atoms with van der Waals surface area (Å²) in [5, 5.41) is 10.5. The Morgan fingerprint density at radius 1 is 1.00 bits per heavy atom.